The SMILES string of the molecule is Nc1ccc(C(=O)N2CCCCC2)c(NS(=O)(=O)C2=CC=CN3SNC=C23)c1. The first-order valence-corrected chi connectivity index (χ1v) is 11.2. The number of sulfonamides is 1. The van der Waals surface area contributed by atoms with Crippen LogP contribution in [-0.4, -0.2) is 36.6 Å². The Bertz CT molecular complexity index is 994. The van der Waals surface area contributed by atoms with Crippen molar-refractivity contribution in [3.8, 4) is 0 Å². The maximum atomic E-state index is 13.1. The van der Waals surface area contributed by atoms with Crippen LogP contribution >= 0.6 is 12.1 Å². The maximum Gasteiger partial charge on any atom is 0.264 e. The number of anilines is 2. The van der Waals surface area contributed by atoms with Crippen LogP contribution in [0.4, 0.5) is 11.4 Å². The number of allylic oxidation sites excluding steroid dienone is 2. The molecule has 8 nitrogen and oxygen atoms in total. The summed E-state index contributed by atoms with van der Waals surface area (Å²) in [6.07, 6.45) is 9.58. The standard InChI is InChI=1S/C18H21N5O3S2/c19-13-6-7-14(18(24)22-8-2-1-3-9-22)15(11-13)21-28(25,26)17-5-4-10-23-16(17)12-20-27-23/h4-7,10-12,20-21H,1-3,8-9,19H2. The molecule has 4 rings (SSSR count). The molecule has 1 amide bonds. The summed E-state index contributed by atoms with van der Waals surface area (Å²) in [5.74, 6) is -0.186. The van der Waals surface area contributed by atoms with E-state index in [0.29, 0.717) is 30.0 Å². The molecule has 0 spiro atoms. The highest BCUT2D eigenvalue weighted by atomic mass is 32.2. The van der Waals surface area contributed by atoms with Gasteiger partial charge in [0.2, 0.25) is 0 Å². The quantitative estimate of drug-likeness (QED) is 0.508. The van der Waals surface area contributed by atoms with Crippen molar-refractivity contribution in [1.29, 1.82) is 0 Å². The van der Waals surface area contributed by atoms with Crippen LogP contribution in [0.5, 0.6) is 0 Å². The van der Waals surface area contributed by atoms with Gasteiger partial charge in [-0.2, -0.15) is 0 Å². The van der Waals surface area contributed by atoms with Gasteiger partial charge in [0.15, 0.2) is 0 Å². The van der Waals surface area contributed by atoms with E-state index in [0.717, 1.165) is 19.3 Å². The average molecular weight is 420 g/mol. The first-order chi connectivity index (χ1) is 13.5. The van der Waals surface area contributed by atoms with Gasteiger partial charge in [0.1, 0.15) is 4.91 Å². The summed E-state index contributed by atoms with van der Waals surface area (Å²) in [6.45, 7) is 1.35. The van der Waals surface area contributed by atoms with Crippen molar-refractivity contribution in [2.45, 2.75) is 19.3 Å². The van der Waals surface area contributed by atoms with E-state index in [1.54, 1.807) is 39.8 Å². The number of nitrogens with one attached hydrogen (secondary N) is 2. The number of rotatable bonds is 4. The number of nitrogen functional groups attached to an aromatic ring is 1. The van der Waals surface area contributed by atoms with E-state index >= 15 is 0 Å². The number of nitrogens with two attached hydrogens (primary N) is 1. The molecular formula is C18H21N5O3S2. The highest BCUT2D eigenvalue weighted by Crippen LogP contribution is 2.34. The van der Waals surface area contributed by atoms with Crippen LogP contribution < -0.4 is 15.2 Å². The molecule has 0 aliphatic carbocycles. The summed E-state index contributed by atoms with van der Waals surface area (Å²) in [6, 6.07) is 4.68. The van der Waals surface area contributed by atoms with Crippen LogP contribution in [0, 0.1) is 0 Å². The average Bonchev–Trinajstić information content (AvgIpc) is 3.16. The molecule has 10 heteroatoms. The molecule has 1 aromatic carbocycles. The highest BCUT2D eigenvalue weighted by molar-refractivity contribution is 7.97. The van der Waals surface area contributed by atoms with E-state index in [2.05, 4.69) is 9.44 Å². The number of likely N-dealkylation sites (tertiary alicyclic amines) is 1. The second kappa shape index (κ2) is 7.44. The largest absolute Gasteiger partial charge is 0.399 e. The summed E-state index contributed by atoms with van der Waals surface area (Å²) in [4.78, 5) is 14.8. The number of nitrogens with zero attached hydrogens (tertiary/aromatic N) is 2. The fourth-order valence-electron chi connectivity index (χ4n) is 3.36. The topological polar surface area (TPSA) is 108 Å². The second-order valence-corrected chi connectivity index (χ2v) is 9.16. The lowest BCUT2D eigenvalue weighted by Gasteiger charge is -2.28. The van der Waals surface area contributed by atoms with Gasteiger partial charge in [-0.25, -0.2) is 8.42 Å². The summed E-state index contributed by atoms with van der Waals surface area (Å²) < 4.78 is 33.4. The van der Waals surface area contributed by atoms with Gasteiger partial charge in [-0.15, -0.1) is 0 Å². The van der Waals surface area contributed by atoms with Gasteiger partial charge in [0.05, 0.1) is 29.1 Å². The molecule has 3 aliphatic heterocycles. The van der Waals surface area contributed by atoms with E-state index in [-0.39, 0.29) is 16.5 Å². The number of carbonyl (C=O) groups excluding carboxylic acids is 1. The van der Waals surface area contributed by atoms with Crippen LogP contribution in [0.1, 0.15) is 29.6 Å². The van der Waals surface area contributed by atoms with E-state index in [9.17, 15) is 13.2 Å². The Hall–Kier alpha value is -2.59. The Labute approximate surface area is 168 Å². The monoisotopic (exact) mass is 419 g/mol. The third-order valence-electron chi connectivity index (χ3n) is 4.76. The smallest absolute Gasteiger partial charge is 0.264 e. The minimum Gasteiger partial charge on any atom is -0.399 e. The summed E-state index contributed by atoms with van der Waals surface area (Å²) >= 11 is 1.27. The molecule has 1 saturated heterocycles. The van der Waals surface area contributed by atoms with Crippen LogP contribution in [0.3, 0.4) is 0 Å². The Morgan fingerprint density at radius 3 is 2.79 bits per heavy atom. The molecule has 0 atom stereocenters. The van der Waals surface area contributed by atoms with Crippen LogP contribution in [0.15, 0.2) is 53.4 Å². The predicted octanol–water partition coefficient (Wildman–Crippen LogP) is 2.36. The van der Waals surface area contributed by atoms with Crippen LogP contribution in [0.25, 0.3) is 0 Å². The normalized spacial score (nSPS) is 18.9. The van der Waals surface area contributed by atoms with Gasteiger partial charge in [0.25, 0.3) is 15.9 Å². The molecule has 0 saturated carbocycles. The van der Waals surface area contributed by atoms with Crippen molar-refractivity contribution in [3.05, 3.63) is 58.9 Å². The summed E-state index contributed by atoms with van der Waals surface area (Å²) in [7, 11) is -3.92. The molecule has 0 unspecified atom stereocenters. The van der Waals surface area contributed by atoms with Crippen molar-refractivity contribution in [2.75, 3.05) is 23.5 Å². The molecule has 0 radical (unpaired) electrons. The minimum absolute atomic E-state index is 0.117. The molecule has 148 valence electrons. The van der Waals surface area contributed by atoms with E-state index in [1.807, 2.05) is 0 Å². The Kier molecular flexibility index (Phi) is 4.98. The van der Waals surface area contributed by atoms with Gasteiger partial charge < -0.3 is 15.4 Å². The number of fused-ring (bicyclic) bond motifs is 1. The molecule has 28 heavy (non-hydrogen) atoms. The van der Waals surface area contributed by atoms with Gasteiger partial charge >= 0.3 is 0 Å². The third kappa shape index (κ3) is 3.57. The number of benzene rings is 1. The molecule has 1 fully saturated rings. The molecule has 0 aromatic heterocycles. The van der Waals surface area contributed by atoms with E-state index in [4.69, 9.17) is 5.73 Å². The fourth-order valence-corrected chi connectivity index (χ4v) is 5.34. The number of hydrogen-bond acceptors (Lipinski definition) is 7. The lowest BCUT2D eigenvalue weighted by Crippen LogP contribution is -2.36. The van der Waals surface area contributed by atoms with E-state index < -0.39 is 10.0 Å². The first-order valence-electron chi connectivity index (χ1n) is 8.98. The number of carbonyl (C=O) groups is 1. The van der Waals surface area contributed by atoms with Crippen molar-refractivity contribution >= 4 is 39.4 Å². The second-order valence-electron chi connectivity index (χ2n) is 6.70. The zero-order valence-corrected chi connectivity index (χ0v) is 16.7. The lowest BCUT2D eigenvalue weighted by molar-refractivity contribution is 0.0725. The zero-order valence-electron chi connectivity index (χ0n) is 15.1. The van der Waals surface area contributed by atoms with Gasteiger partial charge in [0, 0.05) is 31.2 Å². The number of hydrogen-bond donors (Lipinski definition) is 3. The van der Waals surface area contributed by atoms with Crippen molar-refractivity contribution < 1.29 is 13.2 Å². The Morgan fingerprint density at radius 1 is 1.21 bits per heavy atom. The summed E-state index contributed by atoms with van der Waals surface area (Å²) in [5, 5.41) is 0. The fraction of sp³-hybridized carbons (Fsp3) is 0.278. The third-order valence-corrected chi connectivity index (χ3v) is 6.91. The van der Waals surface area contributed by atoms with Gasteiger partial charge in [-0.1, -0.05) is 0 Å². The first kappa shape index (κ1) is 18.8. The minimum atomic E-state index is -3.92. The van der Waals surface area contributed by atoms with Gasteiger partial charge in [-0.05, 0) is 49.6 Å². The Balaban J connectivity index is 1.65. The maximum absolute atomic E-state index is 13.1. The van der Waals surface area contributed by atoms with Crippen molar-refractivity contribution in [2.24, 2.45) is 0 Å². The molecule has 4 N–H and O–H groups in total. The molecule has 3 aliphatic rings. The van der Waals surface area contributed by atoms with Crippen molar-refractivity contribution in [1.82, 2.24) is 13.9 Å². The lowest BCUT2D eigenvalue weighted by atomic mass is 10.1. The molecular weight excluding hydrogens is 398 g/mol. The number of piperidine rings is 1. The zero-order chi connectivity index (χ0) is 19.7. The van der Waals surface area contributed by atoms with Crippen molar-refractivity contribution in [3.63, 3.8) is 0 Å². The van der Waals surface area contributed by atoms with E-state index in [1.165, 1.54) is 24.3 Å². The molecule has 0 bridgehead atoms. The number of amides is 1. The van der Waals surface area contributed by atoms with Crippen LogP contribution in [-0.2, 0) is 10.0 Å². The highest BCUT2D eigenvalue weighted by Gasteiger charge is 2.31. The molecule has 3 heterocycles. The predicted molar refractivity (Wildman–Crippen MR) is 111 cm³/mol. The summed E-state index contributed by atoms with van der Waals surface area (Å²) in [5.41, 5.74) is 7.26. The molecule has 1 aromatic rings. The Morgan fingerprint density at radius 2 is 2.00 bits per heavy atom. The van der Waals surface area contributed by atoms with Crippen LogP contribution in [0.2, 0.25) is 0 Å². The van der Waals surface area contributed by atoms with Gasteiger partial charge in [-0.3, -0.25) is 13.8 Å².